The van der Waals surface area contributed by atoms with Crippen molar-refractivity contribution in [1.29, 1.82) is 0 Å². The topological polar surface area (TPSA) is 49.8 Å². The molecule has 0 aromatic carbocycles. The number of nitrogens with one attached hydrogen (secondary N) is 2. The molecule has 4 nitrogen and oxygen atoms in total. The van der Waals surface area contributed by atoms with Gasteiger partial charge in [0.2, 0.25) is 0 Å². The lowest BCUT2D eigenvalue weighted by Crippen LogP contribution is -2.17. The Morgan fingerprint density at radius 3 is 3.29 bits per heavy atom. The summed E-state index contributed by atoms with van der Waals surface area (Å²) in [5, 5.41) is 6.68. The van der Waals surface area contributed by atoms with Crippen LogP contribution in [0.3, 0.4) is 0 Å². The molecule has 0 aliphatic carbocycles. The fourth-order valence-electron chi connectivity index (χ4n) is 1.69. The molecular weight excluding hydrogens is 176 g/mol. The summed E-state index contributed by atoms with van der Waals surface area (Å²) in [6.45, 7) is 5.18. The van der Waals surface area contributed by atoms with E-state index in [-0.39, 0.29) is 0 Å². The molecule has 4 heteroatoms. The Bertz CT molecular complexity index is 294. The first kappa shape index (κ1) is 9.40. The van der Waals surface area contributed by atoms with Gasteiger partial charge in [-0.2, -0.15) is 0 Å². The van der Waals surface area contributed by atoms with Crippen LogP contribution >= 0.6 is 0 Å². The van der Waals surface area contributed by atoms with Crippen molar-refractivity contribution >= 4 is 5.82 Å². The minimum absolute atomic E-state index is 0.741. The average Bonchev–Trinajstić information content (AvgIpc) is 2.67. The lowest BCUT2D eigenvalue weighted by Gasteiger charge is -2.10. The number of aromatic nitrogens is 2. The van der Waals surface area contributed by atoms with Crippen LogP contribution in [0.2, 0.25) is 0 Å². The molecule has 2 heterocycles. The van der Waals surface area contributed by atoms with E-state index in [2.05, 4.69) is 20.6 Å². The largest absolute Gasteiger partial charge is 0.370 e. The van der Waals surface area contributed by atoms with Gasteiger partial charge in [0.15, 0.2) is 0 Å². The van der Waals surface area contributed by atoms with Crippen molar-refractivity contribution in [2.45, 2.75) is 13.3 Å². The van der Waals surface area contributed by atoms with E-state index in [1.54, 1.807) is 6.20 Å². The van der Waals surface area contributed by atoms with E-state index in [9.17, 15) is 0 Å². The fraction of sp³-hybridized carbons (Fsp3) is 0.600. The van der Waals surface area contributed by atoms with Gasteiger partial charge in [-0.1, -0.05) is 0 Å². The van der Waals surface area contributed by atoms with Crippen LogP contribution in [0.25, 0.3) is 0 Å². The molecule has 76 valence electrons. The Morgan fingerprint density at radius 2 is 2.57 bits per heavy atom. The molecule has 2 N–H and O–H groups in total. The predicted octanol–water partition coefficient (Wildman–Crippen LogP) is 0.806. The Hall–Kier alpha value is -1.16. The summed E-state index contributed by atoms with van der Waals surface area (Å²) in [7, 11) is 0. The molecule has 1 fully saturated rings. The van der Waals surface area contributed by atoms with E-state index in [0.29, 0.717) is 0 Å². The van der Waals surface area contributed by atoms with Crippen LogP contribution in [-0.4, -0.2) is 29.6 Å². The molecule has 1 aromatic heterocycles. The number of rotatable bonds is 3. The highest BCUT2D eigenvalue weighted by atomic mass is 15.0. The van der Waals surface area contributed by atoms with Gasteiger partial charge in [-0.15, -0.1) is 0 Å². The van der Waals surface area contributed by atoms with E-state index in [1.165, 1.54) is 6.42 Å². The summed E-state index contributed by atoms with van der Waals surface area (Å²) >= 11 is 0. The number of aryl methyl sites for hydroxylation is 1. The number of hydrogen-bond donors (Lipinski definition) is 2. The van der Waals surface area contributed by atoms with Gasteiger partial charge in [0.05, 0.1) is 0 Å². The third-order valence-electron chi connectivity index (χ3n) is 2.51. The molecule has 1 unspecified atom stereocenters. The molecular formula is C10H16N4. The number of anilines is 1. The van der Waals surface area contributed by atoms with Crippen molar-refractivity contribution in [3.63, 3.8) is 0 Å². The maximum atomic E-state index is 4.29. The number of nitrogens with zero attached hydrogens (tertiary/aromatic N) is 2. The van der Waals surface area contributed by atoms with Gasteiger partial charge in [-0.25, -0.2) is 9.97 Å². The van der Waals surface area contributed by atoms with E-state index >= 15 is 0 Å². The first-order chi connectivity index (χ1) is 6.84. The van der Waals surface area contributed by atoms with Gasteiger partial charge in [-0.05, 0) is 38.4 Å². The van der Waals surface area contributed by atoms with E-state index in [0.717, 1.165) is 37.2 Å². The maximum Gasteiger partial charge on any atom is 0.129 e. The highest BCUT2D eigenvalue weighted by molar-refractivity contribution is 5.32. The van der Waals surface area contributed by atoms with Crippen LogP contribution in [0.15, 0.2) is 12.3 Å². The molecule has 0 spiro atoms. The molecule has 1 aliphatic rings. The minimum Gasteiger partial charge on any atom is -0.370 e. The van der Waals surface area contributed by atoms with E-state index < -0.39 is 0 Å². The van der Waals surface area contributed by atoms with Crippen molar-refractivity contribution in [2.75, 3.05) is 25.0 Å². The SMILES string of the molecule is Cc1nccc(NCC2CCNC2)n1. The van der Waals surface area contributed by atoms with Gasteiger partial charge in [0.1, 0.15) is 11.6 Å². The van der Waals surface area contributed by atoms with Gasteiger partial charge in [0, 0.05) is 12.7 Å². The molecule has 0 amide bonds. The Morgan fingerprint density at radius 1 is 1.64 bits per heavy atom. The van der Waals surface area contributed by atoms with Crippen molar-refractivity contribution in [1.82, 2.24) is 15.3 Å². The number of hydrogen-bond acceptors (Lipinski definition) is 4. The van der Waals surface area contributed by atoms with Gasteiger partial charge < -0.3 is 10.6 Å². The van der Waals surface area contributed by atoms with Crippen LogP contribution in [0.1, 0.15) is 12.2 Å². The third-order valence-corrected chi connectivity index (χ3v) is 2.51. The molecule has 0 radical (unpaired) electrons. The van der Waals surface area contributed by atoms with Gasteiger partial charge >= 0.3 is 0 Å². The summed E-state index contributed by atoms with van der Waals surface area (Å²) in [6.07, 6.45) is 3.05. The molecule has 1 aliphatic heterocycles. The van der Waals surface area contributed by atoms with Crippen LogP contribution < -0.4 is 10.6 Å². The molecule has 1 atom stereocenters. The zero-order chi connectivity index (χ0) is 9.80. The standard InChI is InChI=1S/C10H16N4/c1-8-12-5-3-10(14-8)13-7-9-2-4-11-6-9/h3,5,9,11H,2,4,6-7H2,1H3,(H,12,13,14). The van der Waals surface area contributed by atoms with Crippen molar-refractivity contribution < 1.29 is 0 Å². The zero-order valence-corrected chi connectivity index (χ0v) is 8.45. The molecule has 0 bridgehead atoms. The normalized spacial score (nSPS) is 21.1. The average molecular weight is 192 g/mol. The first-order valence-corrected chi connectivity index (χ1v) is 5.09. The first-order valence-electron chi connectivity index (χ1n) is 5.09. The Balaban J connectivity index is 1.85. The summed E-state index contributed by atoms with van der Waals surface area (Å²) in [5.74, 6) is 2.49. The summed E-state index contributed by atoms with van der Waals surface area (Å²) in [5.41, 5.74) is 0. The fourth-order valence-corrected chi connectivity index (χ4v) is 1.69. The van der Waals surface area contributed by atoms with Crippen molar-refractivity contribution in [3.05, 3.63) is 18.1 Å². The second kappa shape index (κ2) is 4.37. The predicted molar refractivity (Wildman–Crippen MR) is 56.2 cm³/mol. The molecule has 1 aromatic rings. The lowest BCUT2D eigenvalue weighted by atomic mass is 10.1. The van der Waals surface area contributed by atoms with Gasteiger partial charge in [0.25, 0.3) is 0 Å². The van der Waals surface area contributed by atoms with E-state index in [1.807, 2.05) is 13.0 Å². The lowest BCUT2D eigenvalue weighted by molar-refractivity contribution is 0.614. The molecule has 14 heavy (non-hydrogen) atoms. The minimum atomic E-state index is 0.741. The molecule has 2 rings (SSSR count). The summed E-state index contributed by atoms with van der Waals surface area (Å²) in [6, 6.07) is 1.91. The smallest absolute Gasteiger partial charge is 0.129 e. The van der Waals surface area contributed by atoms with Crippen molar-refractivity contribution in [2.24, 2.45) is 5.92 Å². The monoisotopic (exact) mass is 192 g/mol. The highest BCUT2D eigenvalue weighted by Crippen LogP contribution is 2.09. The quantitative estimate of drug-likeness (QED) is 0.744. The van der Waals surface area contributed by atoms with Crippen LogP contribution in [0.5, 0.6) is 0 Å². The van der Waals surface area contributed by atoms with Crippen LogP contribution in [0, 0.1) is 12.8 Å². The third kappa shape index (κ3) is 2.42. The van der Waals surface area contributed by atoms with Crippen LogP contribution in [0.4, 0.5) is 5.82 Å². The second-order valence-corrected chi connectivity index (χ2v) is 3.73. The van der Waals surface area contributed by atoms with Gasteiger partial charge in [-0.3, -0.25) is 0 Å². The summed E-state index contributed by atoms with van der Waals surface area (Å²) < 4.78 is 0. The Labute approximate surface area is 84.2 Å². The highest BCUT2D eigenvalue weighted by Gasteiger charge is 2.13. The summed E-state index contributed by atoms with van der Waals surface area (Å²) in [4.78, 5) is 8.35. The van der Waals surface area contributed by atoms with E-state index in [4.69, 9.17) is 0 Å². The Kier molecular flexibility index (Phi) is 2.93. The van der Waals surface area contributed by atoms with Crippen molar-refractivity contribution in [3.8, 4) is 0 Å². The second-order valence-electron chi connectivity index (χ2n) is 3.73. The maximum absolute atomic E-state index is 4.29. The van der Waals surface area contributed by atoms with Crippen LogP contribution in [-0.2, 0) is 0 Å². The molecule has 0 saturated carbocycles. The zero-order valence-electron chi connectivity index (χ0n) is 8.45. The molecule has 1 saturated heterocycles.